The van der Waals surface area contributed by atoms with E-state index in [2.05, 4.69) is 18.7 Å². The second kappa shape index (κ2) is 5.50. The summed E-state index contributed by atoms with van der Waals surface area (Å²) in [4.78, 5) is 15.6. The SMILES string of the molecule is CC(=O)N(C)C1CCN(CC(C)C)CC1. The molecule has 3 heteroatoms. The van der Waals surface area contributed by atoms with Gasteiger partial charge in [0.25, 0.3) is 0 Å². The number of amides is 1. The van der Waals surface area contributed by atoms with Crippen LogP contribution in [0.2, 0.25) is 0 Å². The maximum Gasteiger partial charge on any atom is 0.219 e. The molecule has 0 aromatic heterocycles. The summed E-state index contributed by atoms with van der Waals surface area (Å²) in [6, 6.07) is 0.464. The standard InChI is InChI=1S/C12H24N2O/c1-10(2)9-14-7-5-12(6-8-14)13(4)11(3)15/h10,12H,5-9H2,1-4H3. The first kappa shape index (κ1) is 12.5. The van der Waals surface area contributed by atoms with Crippen LogP contribution in [0.5, 0.6) is 0 Å². The number of hydrogen-bond acceptors (Lipinski definition) is 2. The second-order valence-electron chi connectivity index (χ2n) is 5.06. The zero-order chi connectivity index (χ0) is 11.4. The molecule has 0 bridgehead atoms. The Labute approximate surface area is 93.4 Å². The number of piperidine rings is 1. The molecular weight excluding hydrogens is 188 g/mol. The first-order valence-electron chi connectivity index (χ1n) is 5.96. The number of nitrogens with zero attached hydrogens (tertiary/aromatic N) is 2. The maximum atomic E-state index is 11.2. The van der Waals surface area contributed by atoms with E-state index >= 15 is 0 Å². The molecule has 0 unspecified atom stereocenters. The van der Waals surface area contributed by atoms with Crippen LogP contribution in [0.25, 0.3) is 0 Å². The van der Waals surface area contributed by atoms with E-state index in [1.807, 2.05) is 11.9 Å². The maximum absolute atomic E-state index is 11.2. The van der Waals surface area contributed by atoms with Gasteiger partial charge in [0.1, 0.15) is 0 Å². The van der Waals surface area contributed by atoms with Crippen molar-refractivity contribution in [1.29, 1.82) is 0 Å². The molecule has 1 amide bonds. The highest BCUT2D eigenvalue weighted by Gasteiger charge is 2.23. The van der Waals surface area contributed by atoms with Gasteiger partial charge in [-0.15, -0.1) is 0 Å². The Hall–Kier alpha value is -0.570. The molecule has 0 radical (unpaired) electrons. The van der Waals surface area contributed by atoms with E-state index in [9.17, 15) is 4.79 Å². The van der Waals surface area contributed by atoms with Gasteiger partial charge < -0.3 is 9.80 Å². The van der Waals surface area contributed by atoms with Crippen LogP contribution < -0.4 is 0 Å². The van der Waals surface area contributed by atoms with Crippen LogP contribution in [0, 0.1) is 5.92 Å². The fourth-order valence-electron chi connectivity index (χ4n) is 2.26. The van der Waals surface area contributed by atoms with Gasteiger partial charge in [0.05, 0.1) is 0 Å². The molecule has 1 fully saturated rings. The normalized spacial score (nSPS) is 19.5. The summed E-state index contributed by atoms with van der Waals surface area (Å²) in [5.74, 6) is 0.935. The van der Waals surface area contributed by atoms with E-state index in [4.69, 9.17) is 0 Å². The average molecular weight is 212 g/mol. The summed E-state index contributed by atoms with van der Waals surface area (Å²) in [5, 5.41) is 0. The largest absolute Gasteiger partial charge is 0.343 e. The quantitative estimate of drug-likeness (QED) is 0.709. The highest BCUT2D eigenvalue weighted by molar-refractivity contribution is 5.73. The third kappa shape index (κ3) is 3.82. The highest BCUT2D eigenvalue weighted by atomic mass is 16.2. The summed E-state index contributed by atoms with van der Waals surface area (Å²) in [5.41, 5.74) is 0. The van der Waals surface area contributed by atoms with E-state index in [0.29, 0.717) is 6.04 Å². The molecule has 3 nitrogen and oxygen atoms in total. The molecule has 15 heavy (non-hydrogen) atoms. The van der Waals surface area contributed by atoms with E-state index in [1.54, 1.807) is 6.92 Å². The Morgan fingerprint density at radius 3 is 2.33 bits per heavy atom. The molecule has 1 rings (SSSR count). The molecule has 1 aliphatic rings. The van der Waals surface area contributed by atoms with Gasteiger partial charge in [-0.05, 0) is 18.8 Å². The molecule has 0 aromatic carbocycles. The predicted octanol–water partition coefficient (Wildman–Crippen LogP) is 1.59. The summed E-state index contributed by atoms with van der Waals surface area (Å²) in [7, 11) is 1.92. The van der Waals surface area contributed by atoms with Gasteiger partial charge in [0, 0.05) is 39.6 Å². The van der Waals surface area contributed by atoms with Crippen molar-refractivity contribution in [3.63, 3.8) is 0 Å². The van der Waals surface area contributed by atoms with Crippen molar-refractivity contribution in [2.24, 2.45) is 5.92 Å². The molecule has 1 aliphatic heterocycles. The van der Waals surface area contributed by atoms with Gasteiger partial charge in [0.2, 0.25) is 5.91 Å². The lowest BCUT2D eigenvalue weighted by atomic mass is 10.0. The molecule has 1 heterocycles. The van der Waals surface area contributed by atoms with Crippen molar-refractivity contribution < 1.29 is 4.79 Å². The van der Waals surface area contributed by atoms with Gasteiger partial charge in [0.15, 0.2) is 0 Å². The van der Waals surface area contributed by atoms with Crippen LogP contribution >= 0.6 is 0 Å². The van der Waals surface area contributed by atoms with E-state index in [1.165, 1.54) is 6.54 Å². The van der Waals surface area contributed by atoms with Crippen LogP contribution in [0.15, 0.2) is 0 Å². The fraction of sp³-hybridized carbons (Fsp3) is 0.917. The minimum atomic E-state index is 0.192. The second-order valence-corrected chi connectivity index (χ2v) is 5.06. The van der Waals surface area contributed by atoms with Crippen molar-refractivity contribution in [1.82, 2.24) is 9.80 Å². The summed E-state index contributed by atoms with van der Waals surface area (Å²) in [6.07, 6.45) is 2.26. The van der Waals surface area contributed by atoms with Crippen LogP contribution in [0.3, 0.4) is 0 Å². The van der Waals surface area contributed by atoms with Crippen LogP contribution in [-0.4, -0.2) is 48.4 Å². The van der Waals surface area contributed by atoms with Gasteiger partial charge in [-0.2, -0.15) is 0 Å². The van der Waals surface area contributed by atoms with E-state index < -0.39 is 0 Å². The molecule has 0 aliphatic carbocycles. The highest BCUT2D eigenvalue weighted by Crippen LogP contribution is 2.16. The Morgan fingerprint density at radius 2 is 1.93 bits per heavy atom. The number of hydrogen-bond donors (Lipinski definition) is 0. The van der Waals surface area contributed by atoms with Gasteiger partial charge in [-0.1, -0.05) is 13.8 Å². The first-order valence-corrected chi connectivity index (χ1v) is 5.96. The molecule has 1 saturated heterocycles. The first-order chi connectivity index (χ1) is 7.00. The summed E-state index contributed by atoms with van der Waals surface area (Å²) < 4.78 is 0. The third-order valence-corrected chi connectivity index (χ3v) is 3.22. The topological polar surface area (TPSA) is 23.6 Å². The lowest BCUT2D eigenvalue weighted by molar-refractivity contribution is -0.130. The molecule has 88 valence electrons. The molecule has 0 aromatic rings. The third-order valence-electron chi connectivity index (χ3n) is 3.22. The smallest absolute Gasteiger partial charge is 0.219 e. The minimum Gasteiger partial charge on any atom is -0.343 e. The van der Waals surface area contributed by atoms with Gasteiger partial charge in [-0.3, -0.25) is 4.79 Å². The number of likely N-dealkylation sites (tertiary alicyclic amines) is 1. The summed E-state index contributed by atoms with van der Waals surface area (Å²) in [6.45, 7) is 9.64. The lowest BCUT2D eigenvalue weighted by Gasteiger charge is -2.37. The Kier molecular flexibility index (Phi) is 4.58. The molecule has 0 spiro atoms. The molecular formula is C12H24N2O. The Balaban J connectivity index is 2.32. The lowest BCUT2D eigenvalue weighted by Crippen LogP contribution is -2.45. The predicted molar refractivity (Wildman–Crippen MR) is 62.7 cm³/mol. The van der Waals surface area contributed by atoms with Crippen LogP contribution in [-0.2, 0) is 4.79 Å². The number of rotatable bonds is 3. The molecule has 0 N–H and O–H groups in total. The van der Waals surface area contributed by atoms with Crippen LogP contribution in [0.1, 0.15) is 33.6 Å². The Morgan fingerprint density at radius 1 is 1.40 bits per heavy atom. The average Bonchev–Trinajstić information content (AvgIpc) is 2.17. The number of carbonyl (C=O) groups is 1. The van der Waals surface area contributed by atoms with Crippen LogP contribution in [0.4, 0.5) is 0 Å². The van der Waals surface area contributed by atoms with Gasteiger partial charge >= 0.3 is 0 Å². The summed E-state index contributed by atoms with van der Waals surface area (Å²) >= 11 is 0. The minimum absolute atomic E-state index is 0.192. The van der Waals surface area contributed by atoms with Crippen molar-refractivity contribution in [3.05, 3.63) is 0 Å². The zero-order valence-electron chi connectivity index (χ0n) is 10.5. The monoisotopic (exact) mass is 212 g/mol. The van der Waals surface area contributed by atoms with E-state index in [-0.39, 0.29) is 5.91 Å². The molecule has 0 saturated carbocycles. The Bertz CT molecular complexity index is 208. The van der Waals surface area contributed by atoms with Crippen molar-refractivity contribution >= 4 is 5.91 Å². The van der Waals surface area contributed by atoms with Crippen molar-refractivity contribution in [2.45, 2.75) is 39.7 Å². The van der Waals surface area contributed by atoms with Gasteiger partial charge in [-0.25, -0.2) is 0 Å². The number of carbonyl (C=O) groups excluding carboxylic acids is 1. The van der Waals surface area contributed by atoms with Crippen molar-refractivity contribution in [3.8, 4) is 0 Å². The molecule has 0 atom stereocenters. The van der Waals surface area contributed by atoms with E-state index in [0.717, 1.165) is 31.8 Å². The fourth-order valence-corrected chi connectivity index (χ4v) is 2.26. The zero-order valence-corrected chi connectivity index (χ0v) is 10.5. The van der Waals surface area contributed by atoms with Crippen molar-refractivity contribution in [2.75, 3.05) is 26.7 Å².